The molecule has 18 heavy (non-hydrogen) atoms. The zero-order valence-electron chi connectivity index (χ0n) is 9.58. The van der Waals surface area contributed by atoms with Gasteiger partial charge in [0.15, 0.2) is 5.58 Å². The SMILES string of the molecule is Cn1c(=O)oc2ccc(/C(=C/C(=O)O)CO)cc21. The first-order valence-electron chi connectivity index (χ1n) is 5.17. The molecule has 1 heterocycles. The van der Waals surface area contributed by atoms with Crippen LogP contribution in [0.2, 0.25) is 0 Å². The Labute approximate surface area is 101 Å². The number of fused-ring (bicyclic) bond motifs is 1. The molecule has 0 aliphatic carbocycles. The quantitative estimate of drug-likeness (QED) is 0.777. The van der Waals surface area contributed by atoms with Crippen LogP contribution in [0.4, 0.5) is 0 Å². The molecular formula is C12H11NO5. The zero-order chi connectivity index (χ0) is 13.3. The van der Waals surface area contributed by atoms with Crippen molar-refractivity contribution in [1.29, 1.82) is 0 Å². The number of aliphatic hydroxyl groups excluding tert-OH is 1. The van der Waals surface area contributed by atoms with Gasteiger partial charge in [-0.2, -0.15) is 0 Å². The number of aromatic nitrogens is 1. The van der Waals surface area contributed by atoms with Crippen LogP contribution in [0.5, 0.6) is 0 Å². The predicted molar refractivity (Wildman–Crippen MR) is 64.2 cm³/mol. The lowest BCUT2D eigenvalue weighted by Gasteiger charge is -2.03. The second kappa shape index (κ2) is 4.50. The van der Waals surface area contributed by atoms with E-state index in [-0.39, 0.29) is 5.57 Å². The van der Waals surface area contributed by atoms with E-state index in [1.54, 1.807) is 25.2 Å². The first-order chi connectivity index (χ1) is 8.52. The maximum atomic E-state index is 11.3. The topological polar surface area (TPSA) is 92.7 Å². The molecule has 0 saturated carbocycles. The number of benzene rings is 1. The van der Waals surface area contributed by atoms with Crippen LogP contribution < -0.4 is 5.76 Å². The minimum absolute atomic E-state index is 0.262. The molecule has 2 N–H and O–H groups in total. The van der Waals surface area contributed by atoms with Crippen LogP contribution in [0.15, 0.2) is 33.5 Å². The Morgan fingerprint density at radius 1 is 1.50 bits per heavy atom. The van der Waals surface area contributed by atoms with Gasteiger partial charge in [0.25, 0.3) is 0 Å². The summed E-state index contributed by atoms with van der Waals surface area (Å²) in [5.74, 6) is -1.63. The Kier molecular flexibility index (Phi) is 3.03. The number of aliphatic hydroxyl groups is 1. The molecule has 2 aromatic rings. The van der Waals surface area contributed by atoms with Crippen molar-refractivity contribution in [2.75, 3.05) is 6.61 Å². The van der Waals surface area contributed by atoms with E-state index in [2.05, 4.69) is 0 Å². The first-order valence-corrected chi connectivity index (χ1v) is 5.17. The predicted octanol–water partition coefficient (Wildman–Crippen LogP) is 0.592. The van der Waals surface area contributed by atoms with E-state index >= 15 is 0 Å². The van der Waals surface area contributed by atoms with E-state index < -0.39 is 18.3 Å². The van der Waals surface area contributed by atoms with Crippen LogP contribution in [0.1, 0.15) is 5.56 Å². The summed E-state index contributed by atoms with van der Waals surface area (Å²) in [6, 6.07) is 4.76. The van der Waals surface area contributed by atoms with Crippen molar-refractivity contribution in [1.82, 2.24) is 4.57 Å². The summed E-state index contributed by atoms with van der Waals surface area (Å²) < 4.78 is 6.27. The monoisotopic (exact) mass is 249 g/mol. The van der Waals surface area contributed by atoms with E-state index in [0.717, 1.165) is 6.08 Å². The molecule has 0 amide bonds. The summed E-state index contributed by atoms with van der Waals surface area (Å²) in [5.41, 5.74) is 1.75. The summed E-state index contributed by atoms with van der Waals surface area (Å²) in [4.78, 5) is 21.9. The van der Waals surface area contributed by atoms with Crippen LogP contribution in [0, 0.1) is 0 Å². The lowest BCUT2D eigenvalue weighted by Crippen LogP contribution is -2.08. The van der Waals surface area contributed by atoms with Crippen LogP contribution in [-0.2, 0) is 11.8 Å². The van der Waals surface area contributed by atoms with Gasteiger partial charge in [0, 0.05) is 13.1 Å². The molecule has 0 aliphatic heterocycles. The van der Waals surface area contributed by atoms with Gasteiger partial charge in [0.2, 0.25) is 0 Å². The standard InChI is InChI=1S/C12H11NO5/c1-13-9-4-7(8(6-14)5-11(15)16)2-3-10(9)18-12(13)17/h2-5,14H,6H2,1H3,(H,15,16)/b8-5+. The molecule has 0 unspecified atom stereocenters. The highest BCUT2D eigenvalue weighted by atomic mass is 16.4. The fraction of sp³-hybridized carbons (Fsp3) is 0.167. The fourth-order valence-electron chi connectivity index (χ4n) is 1.70. The van der Waals surface area contributed by atoms with Gasteiger partial charge < -0.3 is 14.6 Å². The number of carboxylic acid groups (broad SMARTS) is 1. The lowest BCUT2D eigenvalue weighted by atomic mass is 10.1. The highest BCUT2D eigenvalue weighted by Crippen LogP contribution is 2.20. The molecule has 0 saturated heterocycles. The zero-order valence-corrected chi connectivity index (χ0v) is 9.58. The number of nitrogens with zero attached hydrogens (tertiary/aromatic N) is 1. The number of oxazole rings is 1. The number of aryl methyl sites for hydroxylation is 1. The van der Waals surface area contributed by atoms with Gasteiger partial charge in [0.05, 0.1) is 12.1 Å². The van der Waals surface area contributed by atoms with Gasteiger partial charge in [-0.3, -0.25) is 4.57 Å². The second-order valence-corrected chi connectivity index (χ2v) is 3.78. The van der Waals surface area contributed by atoms with Gasteiger partial charge >= 0.3 is 11.7 Å². The van der Waals surface area contributed by atoms with Crippen molar-refractivity contribution in [2.45, 2.75) is 0 Å². The number of hydrogen-bond acceptors (Lipinski definition) is 4. The van der Waals surface area contributed by atoms with Crippen molar-refractivity contribution in [3.63, 3.8) is 0 Å². The number of carbonyl (C=O) groups is 1. The average Bonchev–Trinajstić information content (AvgIpc) is 2.62. The Morgan fingerprint density at radius 3 is 2.83 bits per heavy atom. The highest BCUT2D eigenvalue weighted by molar-refractivity contribution is 5.91. The van der Waals surface area contributed by atoms with Gasteiger partial charge in [0.1, 0.15) is 0 Å². The molecule has 0 radical (unpaired) electrons. The van der Waals surface area contributed by atoms with Crippen LogP contribution in [-0.4, -0.2) is 27.4 Å². The first kappa shape index (κ1) is 12.1. The summed E-state index contributed by atoms with van der Waals surface area (Å²) in [6.07, 6.45) is 0.930. The van der Waals surface area contributed by atoms with Crippen molar-refractivity contribution >= 4 is 22.6 Å². The largest absolute Gasteiger partial charge is 0.478 e. The Balaban J connectivity index is 2.62. The molecule has 6 nitrogen and oxygen atoms in total. The molecule has 1 aromatic carbocycles. The van der Waals surface area contributed by atoms with E-state index in [9.17, 15) is 9.59 Å². The summed E-state index contributed by atoms with van der Waals surface area (Å²) >= 11 is 0. The smallest absolute Gasteiger partial charge is 0.419 e. The molecule has 0 bridgehead atoms. The molecule has 2 rings (SSSR count). The Morgan fingerprint density at radius 2 is 2.22 bits per heavy atom. The van der Waals surface area contributed by atoms with Crippen LogP contribution in [0.25, 0.3) is 16.7 Å². The number of aliphatic carboxylic acids is 1. The van der Waals surface area contributed by atoms with Crippen LogP contribution in [0.3, 0.4) is 0 Å². The molecule has 1 aromatic heterocycles. The minimum atomic E-state index is -1.14. The molecular weight excluding hydrogens is 238 g/mol. The summed E-state index contributed by atoms with van der Waals surface area (Å²) in [7, 11) is 1.55. The third kappa shape index (κ3) is 2.05. The number of carboxylic acids is 1. The van der Waals surface area contributed by atoms with Gasteiger partial charge in [-0.05, 0) is 23.3 Å². The van der Waals surface area contributed by atoms with Gasteiger partial charge in [-0.15, -0.1) is 0 Å². The highest BCUT2D eigenvalue weighted by Gasteiger charge is 2.09. The van der Waals surface area contributed by atoms with E-state index in [4.69, 9.17) is 14.6 Å². The maximum Gasteiger partial charge on any atom is 0.419 e. The third-order valence-corrected chi connectivity index (χ3v) is 2.63. The Hall–Kier alpha value is -2.34. The molecule has 94 valence electrons. The maximum absolute atomic E-state index is 11.3. The molecule has 0 aliphatic rings. The normalized spacial score (nSPS) is 12.0. The van der Waals surface area contributed by atoms with Crippen molar-refractivity contribution in [3.05, 3.63) is 40.4 Å². The number of hydrogen-bond donors (Lipinski definition) is 2. The second-order valence-electron chi connectivity index (χ2n) is 3.78. The summed E-state index contributed by atoms with van der Waals surface area (Å²) in [5, 5.41) is 17.8. The van der Waals surface area contributed by atoms with Gasteiger partial charge in [-0.25, -0.2) is 9.59 Å². The molecule has 0 atom stereocenters. The fourth-order valence-corrected chi connectivity index (χ4v) is 1.70. The third-order valence-electron chi connectivity index (χ3n) is 2.63. The molecule has 0 spiro atoms. The minimum Gasteiger partial charge on any atom is -0.478 e. The molecule has 6 heteroatoms. The van der Waals surface area contributed by atoms with Crippen molar-refractivity contribution < 1.29 is 19.4 Å². The van der Waals surface area contributed by atoms with Crippen molar-refractivity contribution in [2.24, 2.45) is 7.05 Å². The van der Waals surface area contributed by atoms with Gasteiger partial charge in [-0.1, -0.05) is 6.07 Å². The lowest BCUT2D eigenvalue weighted by molar-refractivity contribution is -0.131. The van der Waals surface area contributed by atoms with Crippen molar-refractivity contribution in [3.8, 4) is 0 Å². The Bertz CT molecular complexity index is 692. The van der Waals surface area contributed by atoms with E-state index in [0.29, 0.717) is 16.7 Å². The average molecular weight is 249 g/mol. The summed E-state index contributed by atoms with van der Waals surface area (Å²) in [6.45, 7) is -0.399. The van der Waals surface area contributed by atoms with E-state index in [1.165, 1.54) is 4.57 Å². The van der Waals surface area contributed by atoms with E-state index in [1.807, 2.05) is 0 Å². The van der Waals surface area contributed by atoms with Crippen LogP contribution >= 0.6 is 0 Å². The number of rotatable bonds is 3. The molecule has 0 fully saturated rings.